The SMILES string of the molecule is CC(=O)CCCC(=O)Nc1c(O)ccc(C(=O)O)c1O. The average molecular weight is 281 g/mol. The average Bonchev–Trinajstić information content (AvgIpc) is 2.33. The number of phenols is 2. The number of hydrogen-bond acceptors (Lipinski definition) is 5. The number of carboxylic acid groups (broad SMARTS) is 1. The number of anilines is 1. The van der Waals surface area contributed by atoms with E-state index in [0.29, 0.717) is 6.42 Å². The van der Waals surface area contributed by atoms with Crippen LogP contribution in [0, 0.1) is 0 Å². The van der Waals surface area contributed by atoms with Crippen molar-refractivity contribution in [2.75, 3.05) is 5.32 Å². The molecule has 108 valence electrons. The number of hydrogen-bond donors (Lipinski definition) is 4. The van der Waals surface area contributed by atoms with E-state index in [1.807, 2.05) is 0 Å². The maximum Gasteiger partial charge on any atom is 0.339 e. The Morgan fingerprint density at radius 3 is 2.35 bits per heavy atom. The number of rotatable bonds is 6. The highest BCUT2D eigenvalue weighted by atomic mass is 16.4. The van der Waals surface area contributed by atoms with Crippen LogP contribution < -0.4 is 5.32 Å². The number of nitrogens with one attached hydrogen (secondary N) is 1. The highest BCUT2D eigenvalue weighted by Crippen LogP contribution is 2.36. The van der Waals surface area contributed by atoms with Gasteiger partial charge in [-0.05, 0) is 25.5 Å². The summed E-state index contributed by atoms with van der Waals surface area (Å²) >= 11 is 0. The minimum atomic E-state index is -1.38. The third-order valence-corrected chi connectivity index (χ3v) is 2.58. The van der Waals surface area contributed by atoms with Crippen molar-refractivity contribution in [1.82, 2.24) is 0 Å². The first-order valence-corrected chi connectivity index (χ1v) is 5.90. The van der Waals surface area contributed by atoms with Gasteiger partial charge in [-0.25, -0.2) is 4.79 Å². The summed E-state index contributed by atoms with van der Waals surface area (Å²) in [7, 11) is 0. The molecular formula is C13H15NO6. The second kappa shape index (κ2) is 6.55. The van der Waals surface area contributed by atoms with Crippen LogP contribution in [0.4, 0.5) is 5.69 Å². The molecule has 1 amide bonds. The molecule has 0 heterocycles. The number of carboxylic acids is 1. The van der Waals surface area contributed by atoms with E-state index in [2.05, 4.69) is 5.32 Å². The first-order valence-electron chi connectivity index (χ1n) is 5.90. The van der Waals surface area contributed by atoms with Crippen molar-refractivity contribution in [3.8, 4) is 11.5 Å². The Kier molecular flexibility index (Phi) is 5.08. The van der Waals surface area contributed by atoms with Crippen LogP contribution in [0.15, 0.2) is 12.1 Å². The molecular weight excluding hydrogens is 266 g/mol. The summed E-state index contributed by atoms with van der Waals surface area (Å²) in [5.41, 5.74) is -0.778. The van der Waals surface area contributed by atoms with E-state index < -0.39 is 28.9 Å². The number of Topliss-reactive ketones (excluding diaryl/α,β-unsaturated/α-hetero) is 1. The number of benzene rings is 1. The summed E-state index contributed by atoms with van der Waals surface area (Å²) < 4.78 is 0. The van der Waals surface area contributed by atoms with Gasteiger partial charge in [-0.1, -0.05) is 0 Å². The van der Waals surface area contributed by atoms with Gasteiger partial charge in [0.1, 0.15) is 22.8 Å². The number of aromatic hydroxyl groups is 2. The molecule has 0 saturated carbocycles. The number of phenolic OH excluding ortho intramolecular Hbond substituents is 1. The molecule has 0 aliphatic carbocycles. The summed E-state index contributed by atoms with van der Waals surface area (Å²) in [6.07, 6.45) is 0.609. The van der Waals surface area contributed by atoms with Gasteiger partial charge >= 0.3 is 5.97 Å². The van der Waals surface area contributed by atoms with Gasteiger partial charge in [0.25, 0.3) is 0 Å². The first kappa shape index (κ1) is 15.5. The lowest BCUT2D eigenvalue weighted by molar-refractivity contribution is -0.117. The van der Waals surface area contributed by atoms with Crippen molar-refractivity contribution in [3.05, 3.63) is 17.7 Å². The van der Waals surface area contributed by atoms with Crippen LogP contribution in [0.1, 0.15) is 36.5 Å². The van der Waals surface area contributed by atoms with Crippen LogP contribution in [-0.2, 0) is 9.59 Å². The van der Waals surface area contributed by atoms with Crippen molar-refractivity contribution in [3.63, 3.8) is 0 Å². The molecule has 7 heteroatoms. The maximum atomic E-state index is 11.6. The lowest BCUT2D eigenvalue weighted by Gasteiger charge is -2.11. The minimum Gasteiger partial charge on any atom is -0.506 e. The largest absolute Gasteiger partial charge is 0.506 e. The molecule has 0 aliphatic heterocycles. The van der Waals surface area contributed by atoms with Crippen LogP contribution in [0.2, 0.25) is 0 Å². The van der Waals surface area contributed by atoms with Crippen molar-refractivity contribution < 1.29 is 29.7 Å². The summed E-state index contributed by atoms with van der Waals surface area (Å²) in [4.78, 5) is 33.1. The Morgan fingerprint density at radius 2 is 1.80 bits per heavy atom. The van der Waals surface area contributed by atoms with E-state index in [0.717, 1.165) is 12.1 Å². The number of aromatic carboxylic acids is 1. The Bertz CT molecular complexity index is 552. The first-order chi connectivity index (χ1) is 9.32. The molecule has 7 nitrogen and oxygen atoms in total. The maximum absolute atomic E-state index is 11.6. The Morgan fingerprint density at radius 1 is 1.15 bits per heavy atom. The van der Waals surface area contributed by atoms with Crippen molar-refractivity contribution in [1.29, 1.82) is 0 Å². The molecule has 0 aliphatic rings. The van der Waals surface area contributed by atoms with Crippen LogP contribution >= 0.6 is 0 Å². The Hall–Kier alpha value is -2.57. The highest BCUT2D eigenvalue weighted by molar-refractivity contribution is 5.99. The van der Waals surface area contributed by atoms with Gasteiger partial charge in [0.2, 0.25) is 5.91 Å². The predicted octanol–water partition coefficient (Wildman–Crippen LogP) is 1.49. The van der Waals surface area contributed by atoms with Gasteiger partial charge in [0.15, 0.2) is 5.75 Å². The molecule has 0 spiro atoms. The van der Waals surface area contributed by atoms with Crippen molar-refractivity contribution >= 4 is 23.3 Å². The Labute approximate surface area is 114 Å². The Balaban J connectivity index is 2.81. The van der Waals surface area contributed by atoms with Gasteiger partial charge in [0, 0.05) is 12.8 Å². The topological polar surface area (TPSA) is 124 Å². The van der Waals surface area contributed by atoms with Gasteiger partial charge in [0.05, 0.1) is 0 Å². The van der Waals surface area contributed by atoms with Crippen LogP contribution in [0.3, 0.4) is 0 Å². The van der Waals surface area contributed by atoms with E-state index in [1.165, 1.54) is 6.92 Å². The summed E-state index contributed by atoms with van der Waals surface area (Å²) in [6, 6.07) is 2.09. The zero-order valence-electron chi connectivity index (χ0n) is 10.8. The third-order valence-electron chi connectivity index (χ3n) is 2.58. The zero-order valence-corrected chi connectivity index (χ0v) is 10.8. The van der Waals surface area contributed by atoms with Gasteiger partial charge in [-0.15, -0.1) is 0 Å². The van der Waals surface area contributed by atoms with E-state index in [9.17, 15) is 24.6 Å². The smallest absolute Gasteiger partial charge is 0.339 e. The molecule has 1 aromatic carbocycles. The van der Waals surface area contributed by atoms with Crippen LogP contribution in [0.5, 0.6) is 11.5 Å². The number of amides is 1. The molecule has 0 aromatic heterocycles. The van der Waals surface area contributed by atoms with Crippen LogP contribution in [-0.4, -0.2) is 33.0 Å². The summed E-state index contributed by atoms with van der Waals surface area (Å²) in [6.45, 7) is 1.41. The van der Waals surface area contributed by atoms with E-state index in [1.54, 1.807) is 0 Å². The molecule has 1 aromatic rings. The van der Waals surface area contributed by atoms with Gasteiger partial charge in [-0.2, -0.15) is 0 Å². The fourth-order valence-electron chi connectivity index (χ4n) is 1.58. The van der Waals surface area contributed by atoms with E-state index >= 15 is 0 Å². The molecule has 0 fully saturated rings. The predicted molar refractivity (Wildman–Crippen MR) is 69.9 cm³/mol. The van der Waals surface area contributed by atoms with Crippen molar-refractivity contribution in [2.24, 2.45) is 0 Å². The summed E-state index contributed by atoms with van der Waals surface area (Å²) in [5, 5.41) is 30.3. The van der Waals surface area contributed by atoms with E-state index in [4.69, 9.17) is 5.11 Å². The molecule has 1 rings (SSSR count). The number of ketones is 1. The number of carbonyl (C=O) groups is 3. The van der Waals surface area contributed by atoms with Crippen LogP contribution in [0.25, 0.3) is 0 Å². The summed E-state index contributed by atoms with van der Waals surface area (Å²) in [5.74, 6) is -3.10. The standard InChI is InChI=1S/C13H15NO6/c1-7(15)3-2-4-10(17)14-11-9(16)6-5-8(12(11)18)13(19)20/h5-6,16,18H,2-4H2,1H3,(H,14,17)(H,19,20). The van der Waals surface area contributed by atoms with Gasteiger partial charge < -0.3 is 25.4 Å². The fourth-order valence-corrected chi connectivity index (χ4v) is 1.58. The van der Waals surface area contributed by atoms with Crippen molar-refractivity contribution in [2.45, 2.75) is 26.2 Å². The minimum absolute atomic E-state index is 0.0236. The lowest BCUT2D eigenvalue weighted by atomic mass is 10.1. The molecule has 20 heavy (non-hydrogen) atoms. The fraction of sp³-hybridized carbons (Fsp3) is 0.308. The number of carbonyl (C=O) groups excluding carboxylic acids is 2. The quantitative estimate of drug-likeness (QED) is 0.586. The highest BCUT2D eigenvalue weighted by Gasteiger charge is 2.18. The lowest BCUT2D eigenvalue weighted by Crippen LogP contribution is -2.13. The normalized spacial score (nSPS) is 10.1. The monoisotopic (exact) mass is 281 g/mol. The molecule has 0 radical (unpaired) electrons. The molecule has 0 saturated heterocycles. The molecule has 0 atom stereocenters. The second-order valence-electron chi connectivity index (χ2n) is 4.26. The zero-order chi connectivity index (χ0) is 15.3. The second-order valence-corrected chi connectivity index (χ2v) is 4.26. The third kappa shape index (κ3) is 3.98. The van der Waals surface area contributed by atoms with Gasteiger partial charge in [-0.3, -0.25) is 4.79 Å². The van der Waals surface area contributed by atoms with E-state index in [-0.39, 0.29) is 24.3 Å². The molecule has 0 bridgehead atoms. The molecule has 4 N–H and O–H groups in total. The molecule has 0 unspecified atom stereocenters.